The molecule has 10 heteroatoms. The van der Waals surface area contributed by atoms with Crippen LogP contribution in [0.4, 0.5) is 4.39 Å². The number of fused-ring (bicyclic) bond motifs is 3. The van der Waals surface area contributed by atoms with Crippen LogP contribution >= 0.6 is 46.4 Å². The summed E-state index contributed by atoms with van der Waals surface area (Å²) in [7, 11) is 0. The first-order valence-corrected chi connectivity index (χ1v) is 12.6. The Labute approximate surface area is 226 Å². The van der Waals surface area contributed by atoms with E-state index in [9.17, 15) is 19.1 Å². The number of benzene rings is 3. The molecular formula is C26H18Cl4FNO4. The minimum Gasteiger partial charge on any atom is -0.492 e. The smallest absolute Gasteiger partial charge is 0.326 e. The number of carbonyl (C=O) groups excluding carboxylic acids is 1. The highest BCUT2D eigenvalue weighted by atomic mass is 35.5. The van der Waals surface area contributed by atoms with Crippen LogP contribution in [0, 0.1) is 11.7 Å². The summed E-state index contributed by atoms with van der Waals surface area (Å²) in [4.78, 5) is 25.0. The lowest BCUT2D eigenvalue weighted by Crippen LogP contribution is -2.42. The lowest BCUT2D eigenvalue weighted by atomic mass is 9.89. The number of carboxylic acids is 1. The van der Waals surface area contributed by atoms with Crippen LogP contribution in [0.1, 0.15) is 33.8 Å². The molecular weight excluding hydrogens is 551 g/mol. The van der Waals surface area contributed by atoms with Crippen LogP contribution in [-0.2, 0) is 11.2 Å². The molecule has 0 unspecified atom stereocenters. The first kappa shape index (κ1) is 25.2. The summed E-state index contributed by atoms with van der Waals surface area (Å²) in [5.74, 6) is -1.39. The Hall–Kier alpha value is -2.51. The van der Waals surface area contributed by atoms with Gasteiger partial charge in [0.2, 0.25) is 0 Å². The van der Waals surface area contributed by atoms with Crippen molar-refractivity contribution in [1.82, 2.24) is 5.32 Å². The van der Waals surface area contributed by atoms with Crippen LogP contribution in [0.15, 0.2) is 42.5 Å². The van der Waals surface area contributed by atoms with Crippen molar-refractivity contribution in [2.24, 2.45) is 5.92 Å². The topological polar surface area (TPSA) is 75.6 Å². The molecule has 0 radical (unpaired) electrons. The Balaban J connectivity index is 1.52. The number of hydrogen-bond acceptors (Lipinski definition) is 3. The highest BCUT2D eigenvalue weighted by molar-refractivity contribution is 6.40. The number of rotatable bonds is 6. The van der Waals surface area contributed by atoms with Crippen LogP contribution in [-0.4, -0.2) is 29.6 Å². The normalized spacial score (nSPS) is 18.5. The second kappa shape index (κ2) is 9.75. The van der Waals surface area contributed by atoms with Gasteiger partial charge in [0, 0.05) is 29.0 Å². The third kappa shape index (κ3) is 4.63. The second-order valence-electron chi connectivity index (χ2n) is 8.84. The third-order valence-electron chi connectivity index (χ3n) is 6.52. The molecule has 2 N–H and O–H groups in total. The van der Waals surface area contributed by atoms with Crippen LogP contribution < -0.4 is 10.1 Å². The average Bonchev–Trinajstić information content (AvgIpc) is 3.59. The largest absolute Gasteiger partial charge is 0.492 e. The number of nitrogens with one attached hydrogen (secondary N) is 1. The van der Waals surface area contributed by atoms with E-state index in [0.29, 0.717) is 35.0 Å². The molecule has 1 amide bonds. The average molecular weight is 569 g/mol. The fourth-order valence-corrected chi connectivity index (χ4v) is 5.95. The van der Waals surface area contributed by atoms with Gasteiger partial charge in [-0.1, -0.05) is 64.6 Å². The maximum absolute atomic E-state index is 13.8. The zero-order chi connectivity index (χ0) is 25.7. The molecule has 3 aromatic rings. The van der Waals surface area contributed by atoms with Gasteiger partial charge in [0.15, 0.2) is 0 Å². The second-order valence-corrected chi connectivity index (χ2v) is 10.5. The zero-order valence-electron chi connectivity index (χ0n) is 18.5. The van der Waals surface area contributed by atoms with Gasteiger partial charge >= 0.3 is 5.97 Å². The standard InChI is InChI=1S/C26H18Cl4FNO4/c27-16-2-1-3-17(28)23(16)25(33)32-20(26(34)35)7-11-4-5-14(22-18(29)8-13(31)9-19(22)30)24-21(11)15-6-12(15)10-36-24/h1-5,8-9,12,15,20H,6-7,10H2,(H,32,33)(H,34,35)/t12-,15-,20+/m1/s1. The maximum atomic E-state index is 13.8. The summed E-state index contributed by atoms with van der Waals surface area (Å²) >= 11 is 24.9. The van der Waals surface area contributed by atoms with Crippen molar-refractivity contribution in [1.29, 1.82) is 0 Å². The van der Waals surface area contributed by atoms with Crippen molar-refractivity contribution < 1.29 is 23.8 Å². The van der Waals surface area contributed by atoms with E-state index in [1.54, 1.807) is 18.2 Å². The summed E-state index contributed by atoms with van der Waals surface area (Å²) in [5.41, 5.74) is 2.63. The first-order chi connectivity index (χ1) is 17.2. The summed E-state index contributed by atoms with van der Waals surface area (Å²) in [6.07, 6.45) is 0.900. The Bertz CT molecular complexity index is 1370. The van der Waals surface area contributed by atoms with E-state index in [1.807, 2.05) is 0 Å². The summed E-state index contributed by atoms with van der Waals surface area (Å²) in [6, 6.07) is 9.22. The number of carboxylic acid groups (broad SMARTS) is 1. The van der Waals surface area contributed by atoms with Gasteiger partial charge in [0.1, 0.15) is 17.6 Å². The molecule has 0 spiro atoms. The van der Waals surface area contributed by atoms with Gasteiger partial charge in [0.25, 0.3) is 5.91 Å². The van der Waals surface area contributed by atoms with Crippen LogP contribution in [0.5, 0.6) is 5.75 Å². The van der Waals surface area contributed by atoms with Gasteiger partial charge < -0.3 is 15.2 Å². The third-order valence-corrected chi connectivity index (χ3v) is 7.74. The summed E-state index contributed by atoms with van der Waals surface area (Å²) < 4.78 is 19.9. The lowest BCUT2D eigenvalue weighted by molar-refractivity contribution is -0.139. The van der Waals surface area contributed by atoms with E-state index < -0.39 is 23.7 Å². The maximum Gasteiger partial charge on any atom is 0.326 e. The van der Waals surface area contributed by atoms with E-state index in [-0.39, 0.29) is 38.0 Å². The Morgan fingerprint density at radius 1 is 1.06 bits per heavy atom. The SMILES string of the molecule is O=C(N[C@@H](Cc1ccc(-c2c(Cl)cc(F)cc2Cl)c2c1[C@@H]1C[C@@H]1CO2)C(=O)O)c1c(Cl)cccc1Cl. The molecule has 3 aromatic carbocycles. The molecule has 1 fully saturated rings. The molecule has 186 valence electrons. The molecule has 5 nitrogen and oxygen atoms in total. The monoisotopic (exact) mass is 567 g/mol. The van der Waals surface area contributed by atoms with Gasteiger partial charge in [-0.05, 0) is 42.2 Å². The van der Waals surface area contributed by atoms with Crippen molar-refractivity contribution in [3.05, 3.63) is 85.1 Å². The fourth-order valence-electron chi connectivity index (χ4n) is 4.72. The van der Waals surface area contributed by atoms with Gasteiger partial charge in [-0.25, -0.2) is 9.18 Å². The number of aliphatic carboxylic acids is 1. The number of halogens is 5. The van der Waals surface area contributed by atoms with Gasteiger partial charge in [-0.2, -0.15) is 0 Å². The number of amides is 1. The molecule has 3 atom stereocenters. The summed E-state index contributed by atoms with van der Waals surface area (Å²) in [5, 5.41) is 13.0. The molecule has 1 heterocycles. The zero-order valence-corrected chi connectivity index (χ0v) is 21.5. The van der Waals surface area contributed by atoms with E-state index in [4.69, 9.17) is 51.1 Å². The molecule has 2 aliphatic rings. The van der Waals surface area contributed by atoms with Crippen LogP contribution in [0.25, 0.3) is 11.1 Å². The molecule has 0 aromatic heterocycles. The van der Waals surface area contributed by atoms with Crippen molar-refractivity contribution in [3.8, 4) is 16.9 Å². The van der Waals surface area contributed by atoms with E-state index >= 15 is 0 Å². The molecule has 0 saturated heterocycles. The van der Waals surface area contributed by atoms with Crippen molar-refractivity contribution >= 4 is 58.3 Å². The molecule has 1 saturated carbocycles. The quantitative estimate of drug-likeness (QED) is 0.335. The Kier molecular flexibility index (Phi) is 6.81. The first-order valence-electron chi connectivity index (χ1n) is 11.1. The molecule has 0 bridgehead atoms. The molecule has 36 heavy (non-hydrogen) atoms. The van der Waals surface area contributed by atoms with Gasteiger partial charge in [-0.15, -0.1) is 0 Å². The van der Waals surface area contributed by atoms with Crippen molar-refractivity contribution in [2.75, 3.05) is 6.61 Å². The fraction of sp³-hybridized carbons (Fsp3) is 0.231. The Morgan fingerprint density at radius 3 is 2.36 bits per heavy atom. The highest BCUT2D eigenvalue weighted by Crippen LogP contribution is 2.58. The van der Waals surface area contributed by atoms with Crippen LogP contribution in [0.2, 0.25) is 20.1 Å². The minimum atomic E-state index is -1.25. The van der Waals surface area contributed by atoms with E-state index in [1.165, 1.54) is 24.3 Å². The lowest BCUT2D eigenvalue weighted by Gasteiger charge is -2.25. The minimum absolute atomic E-state index is 0.00319. The van der Waals surface area contributed by atoms with Crippen molar-refractivity contribution in [2.45, 2.75) is 24.8 Å². The number of carbonyl (C=O) groups is 2. The van der Waals surface area contributed by atoms with Crippen LogP contribution in [0.3, 0.4) is 0 Å². The highest BCUT2D eigenvalue weighted by Gasteiger charge is 2.46. The predicted octanol–water partition coefficient (Wildman–Crippen LogP) is 7.03. The molecule has 5 rings (SSSR count). The molecule has 1 aliphatic carbocycles. The van der Waals surface area contributed by atoms with E-state index in [0.717, 1.165) is 12.0 Å². The predicted molar refractivity (Wildman–Crippen MR) is 137 cm³/mol. The summed E-state index contributed by atoms with van der Waals surface area (Å²) in [6.45, 7) is 0.509. The number of ether oxygens (including phenoxy) is 1. The van der Waals surface area contributed by atoms with E-state index in [2.05, 4.69) is 5.32 Å². The Morgan fingerprint density at radius 2 is 1.72 bits per heavy atom. The van der Waals surface area contributed by atoms with Gasteiger partial charge in [0.05, 0.1) is 32.3 Å². The van der Waals surface area contributed by atoms with Gasteiger partial charge in [-0.3, -0.25) is 4.79 Å². The molecule has 1 aliphatic heterocycles. The number of hydrogen-bond donors (Lipinski definition) is 2. The van der Waals surface area contributed by atoms with Crippen molar-refractivity contribution in [3.63, 3.8) is 0 Å².